The first-order chi connectivity index (χ1) is 8.92. The number of nitrogens with zero attached hydrogens (tertiary/aromatic N) is 1. The molecule has 0 fully saturated rings. The number of aromatic nitrogens is 1. The average Bonchev–Trinajstić information content (AvgIpc) is 2.69. The summed E-state index contributed by atoms with van der Waals surface area (Å²) in [6.45, 7) is 1.62. The molecule has 0 saturated heterocycles. The number of rotatable bonds is 4. The van der Waals surface area contributed by atoms with Crippen molar-refractivity contribution in [3.8, 4) is 0 Å². The van der Waals surface area contributed by atoms with Crippen LogP contribution in [0.2, 0.25) is 0 Å². The van der Waals surface area contributed by atoms with E-state index in [0.717, 1.165) is 16.2 Å². The molecule has 0 aliphatic carbocycles. The molecule has 1 heterocycles. The highest BCUT2D eigenvalue weighted by molar-refractivity contribution is 7.98. The number of hydrogen-bond donors (Lipinski definition) is 2. The van der Waals surface area contributed by atoms with Gasteiger partial charge in [0.1, 0.15) is 0 Å². The van der Waals surface area contributed by atoms with Gasteiger partial charge in [0.15, 0.2) is 9.34 Å². The minimum atomic E-state index is -3.63. The van der Waals surface area contributed by atoms with E-state index in [1.54, 1.807) is 36.9 Å². The van der Waals surface area contributed by atoms with Crippen LogP contribution in [-0.4, -0.2) is 19.7 Å². The van der Waals surface area contributed by atoms with E-state index in [-0.39, 0.29) is 9.34 Å². The maximum absolute atomic E-state index is 12.2. The normalized spacial score (nSPS) is 11.5. The lowest BCUT2D eigenvalue weighted by atomic mass is 10.3. The lowest BCUT2D eigenvalue weighted by Crippen LogP contribution is -2.12. The Hall–Kier alpha value is -1.25. The topological polar surface area (TPSA) is 85.1 Å². The van der Waals surface area contributed by atoms with Gasteiger partial charge in [-0.05, 0) is 31.4 Å². The highest BCUT2D eigenvalue weighted by Crippen LogP contribution is 2.28. The van der Waals surface area contributed by atoms with Crippen molar-refractivity contribution in [3.63, 3.8) is 0 Å². The Bertz CT molecular complexity index is 695. The second kappa shape index (κ2) is 5.40. The van der Waals surface area contributed by atoms with E-state index in [1.807, 2.05) is 12.3 Å². The number of sulfonamides is 1. The quantitative estimate of drug-likeness (QED) is 0.847. The zero-order valence-corrected chi connectivity index (χ0v) is 12.8. The average molecular weight is 315 g/mol. The van der Waals surface area contributed by atoms with E-state index < -0.39 is 10.0 Å². The molecule has 1 aromatic carbocycles. The van der Waals surface area contributed by atoms with Gasteiger partial charge < -0.3 is 5.73 Å². The van der Waals surface area contributed by atoms with E-state index in [4.69, 9.17) is 5.73 Å². The zero-order chi connectivity index (χ0) is 14.0. The fourth-order valence-corrected chi connectivity index (χ4v) is 4.35. The fraction of sp³-hybridized carbons (Fsp3) is 0.182. The molecule has 1 aromatic heterocycles. The van der Waals surface area contributed by atoms with Crippen molar-refractivity contribution in [2.75, 3.05) is 16.7 Å². The van der Waals surface area contributed by atoms with Gasteiger partial charge in [0.25, 0.3) is 10.0 Å². The van der Waals surface area contributed by atoms with Crippen molar-refractivity contribution in [2.24, 2.45) is 0 Å². The minimum Gasteiger partial charge on any atom is -0.375 e. The van der Waals surface area contributed by atoms with Crippen LogP contribution in [0.4, 0.5) is 10.8 Å². The molecule has 2 aromatic rings. The van der Waals surface area contributed by atoms with Crippen LogP contribution >= 0.6 is 23.1 Å². The molecule has 102 valence electrons. The van der Waals surface area contributed by atoms with Gasteiger partial charge in [-0.3, -0.25) is 4.72 Å². The SMILES string of the molecule is CSc1cccc(NS(=O)(=O)c2sc(N)nc2C)c1. The van der Waals surface area contributed by atoms with E-state index in [1.165, 1.54) is 0 Å². The highest BCUT2D eigenvalue weighted by atomic mass is 32.2. The summed E-state index contributed by atoms with van der Waals surface area (Å²) in [6.07, 6.45) is 1.93. The van der Waals surface area contributed by atoms with Crippen LogP contribution < -0.4 is 10.5 Å². The third-order valence-corrected chi connectivity index (χ3v) is 6.04. The minimum absolute atomic E-state index is 0.152. The summed E-state index contributed by atoms with van der Waals surface area (Å²) in [5.74, 6) is 0. The van der Waals surface area contributed by atoms with Crippen LogP contribution in [0.1, 0.15) is 5.69 Å². The van der Waals surface area contributed by atoms with Gasteiger partial charge in [0.2, 0.25) is 0 Å². The Morgan fingerprint density at radius 3 is 2.74 bits per heavy atom. The summed E-state index contributed by atoms with van der Waals surface area (Å²) in [7, 11) is -3.63. The molecule has 5 nitrogen and oxygen atoms in total. The fourth-order valence-electron chi connectivity index (χ4n) is 1.54. The third-order valence-electron chi connectivity index (χ3n) is 2.34. The molecule has 3 N–H and O–H groups in total. The van der Waals surface area contributed by atoms with Crippen LogP contribution in [0.15, 0.2) is 33.4 Å². The number of nitrogens with two attached hydrogens (primary N) is 1. The Labute approximate surface area is 120 Å². The number of nitrogen functional groups attached to an aromatic ring is 1. The standard InChI is InChI=1S/C11H13N3O2S3/c1-7-10(18-11(12)13-7)19(15,16)14-8-4-3-5-9(6-8)17-2/h3-6,14H,1-2H3,(H2,12,13). The maximum atomic E-state index is 12.2. The molecule has 19 heavy (non-hydrogen) atoms. The molecule has 0 aliphatic rings. The van der Waals surface area contributed by atoms with E-state index in [9.17, 15) is 8.42 Å². The van der Waals surface area contributed by atoms with E-state index in [0.29, 0.717) is 11.4 Å². The number of thiazole rings is 1. The highest BCUT2D eigenvalue weighted by Gasteiger charge is 2.21. The molecule has 0 aliphatic heterocycles. The second-order valence-corrected chi connectivity index (χ2v) is 7.55. The van der Waals surface area contributed by atoms with Crippen LogP contribution in [-0.2, 0) is 10.0 Å². The molecule has 2 rings (SSSR count). The van der Waals surface area contributed by atoms with Crippen molar-refractivity contribution < 1.29 is 8.42 Å². The first-order valence-electron chi connectivity index (χ1n) is 5.32. The van der Waals surface area contributed by atoms with Gasteiger partial charge in [-0.2, -0.15) is 0 Å². The zero-order valence-electron chi connectivity index (χ0n) is 10.4. The number of benzene rings is 1. The number of aryl methyl sites for hydroxylation is 1. The van der Waals surface area contributed by atoms with Gasteiger partial charge in [0, 0.05) is 10.6 Å². The summed E-state index contributed by atoms with van der Waals surface area (Å²) < 4.78 is 27.2. The number of nitrogens with one attached hydrogen (secondary N) is 1. The predicted octanol–water partition coefficient (Wildman–Crippen LogP) is 2.56. The van der Waals surface area contributed by atoms with Crippen molar-refractivity contribution in [2.45, 2.75) is 16.0 Å². The molecule has 0 radical (unpaired) electrons. The number of hydrogen-bond acceptors (Lipinski definition) is 6. The summed E-state index contributed by atoms with van der Waals surface area (Å²) in [6, 6.07) is 7.20. The lowest BCUT2D eigenvalue weighted by molar-refractivity contribution is 0.602. The molecule has 8 heteroatoms. The molecular weight excluding hydrogens is 302 g/mol. The van der Waals surface area contributed by atoms with Gasteiger partial charge in [-0.15, -0.1) is 11.8 Å². The van der Waals surface area contributed by atoms with Crippen LogP contribution in [0.3, 0.4) is 0 Å². The van der Waals surface area contributed by atoms with Gasteiger partial charge in [-0.25, -0.2) is 13.4 Å². The maximum Gasteiger partial charge on any atom is 0.273 e. The Morgan fingerprint density at radius 2 is 2.16 bits per heavy atom. The largest absolute Gasteiger partial charge is 0.375 e. The molecule has 0 atom stereocenters. The van der Waals surface area contributed by atoms with Crippen molar-refractivity contribution in [1.82, 2.24) is 4.98 Å². The predicted molar refractivity (Wildman–Crippen MR) is 80.3 cm³/mol. The number of thioether (sulfide) groups is 1. The molecule has 0 amide bonds. The number of anilines is 2. The summed E-state index contributed by atoms with van der Waals surface area (Å²) in [4.78, 5) is 4.91. The second-order valence-electron chi connectivity index (χ2n) is 3.76. The summed E-state index contributed by atoms with van der Waals surface area (Å²) >= 11 is 2.51. The van der Waals surface area contributed by atoms with Gasteiger partial charge in [-0.1, -0.05) is 17.4 Å². The van der Waals surface area contributed by atoms with Crippen molar-refractivity contribution >= 4 is 43.9 Å². The Kier molecular flexibility index (Phi) is 4.02. The lowest BCUT2D eigenvalue weighted by Gasteiger charge is -2.07. The van der Waals surface area contributed by atoms with Gasteiger partial charge in [0.05, 0.1) is 5.69 Å². The van der Waals surface area contributed by atoms with Crippen LogP contribution in [0.25, 0.3) is 0 Å². The van der Waals surface area contributed by atoms with E-state index >= 15 is 0 Å². The van der Waals surface area contributed by atoms with E-state index in [2.05, 4.69) is 9.71 Å². The molecular formula is C11H13N3O2S3. The molecule has 0 spiro atoms. The van der Waals surface area contributed by atoms with Crippen LogP contribution in [0.5, 0.6) is 0 Å². The van der Waals surface area contributed by atoms with Gasteiger partial charge >= 0.3 is 0 Å². The molecule has 0 bridgehead atoms. The smallest absolute Gasteiger partial charge is 0.273 e. The van der Waals surface area contributed by atoms with Crippen molar-refractivity contribution in [3.05, 3.63) is 30.0 Å². The summed E-state index contributed by atoms with van der Waals surface area (Å²) in [5.41, 5.74) is 6.47. The summed E-state index contributed by atoms with van der Waals surface area (Å²) in [5, 5.41) is 0.246. The molecule has 0 unspecified atom stereocenters. The third kappa shape index (κ3) is 3.20. The Morgan fingerprint density at radius 1 is 1.42 bits per heavy atom. The van der Waals surface area contributed by atoms with Crippen molar-refractivity contribution in [1.29, 1.82) is 0 Å². The molecule has 0 saturated carbocycles. The first-order valence-corrected chi connectivity index (χ1v) is 8.84. The first kappa shape index (κ1) is 14.2. The monoisotopic (exact) mass is 315 g/mol. The van der Waals surface area contributed by atoms with Crippen LogP contribution in [0, 0.1) is 6.92 Å². The Balaban J connectivity index is 2.33.